The van der Waals surface area contributed by atoms with Crippen molar-refractivity contribution in [1.82, 2.24) is 5.43 Å². The van der Waals surface area contributed by atoms with Gasteiger partial charge in [-0.3, -0.25) is 4.79 Å². The second kappa shape index (κ2) is 10.8. The van der Waals surface area contributed by atoms with E-state index in [9.17, 15) is 9.18 Å². The lowest BCUT2D eigenvalue weighted by Gasteiger charge is -2.11. The number of hydrogen-bond donors (Lipinski definition) is 1. The zero-order chi connectivity index (χ0) is 23.1. The number of benzene rings is 3. The molecule has 0 aliphatic rings. The maximum atomic E-state index is 13.0. The number of nitrogens with zero attached hydrogens (tertiary/aromatic N) is 1. The minimum Gasteiger partial charge on any atom is -0.493 e. The average molecular weight is 477 g/mol. The lowest BCUT2D eigenvalue weighted by molar-refractivity contribution is 0.0954. The van der Waals surface area contributed by atoms with Crippen LogP contribution in [0, 0.1) is 5.82 Å². The number of methoxy groups -OCH3 is 2. The van der Waals surface area contributed by atoms with Gasteiger partial charge in [0.2, 0.25) is 0 Å². The molecule has 1 N–H and O–H groups in total. The maximum absolute atomic E-state index is 13.0. The number of amides is 1. The summed E-state index contributed by atoms with van der Waals surface area (Å²) in [5.41, 5.74) is 4.10. The molecule has 166 valence electrons. The third kappa shape index (κ3) is 5.90. The van der Waals surface area contributed by atoms with Crippen LogP contribution in [0.2, 0.25) is 10.0 Å². The molecule has 6 nitrogen and oxygen atoms in total. The second-order valence-corrected chi connectivity index (χ2v) is 7.31. The minimum absolute atomic E-state index is 0.175. The number of hydrazone groups is 1. The molecule has 1 amide bonds. The first kappa shape index (κ1) is 23.4. The second-order valence-electron chi connectivity index (χ2n) is 6.50. The summed E-state index contributed by atoms with van der Waals surface area (Å²) >= 11 is 12.6. The van der Waals surface area contributed by atoms with E-state index in [-0.39, 0.29) is 22.5 Å². The van der Waals surface area contributed by atoms with Gasteiger partial charge in [-0.05, 0) is 53.6 Å². The Morgan fingerprint density at radius 2 is 1.66 bits per heavy atom. The van der Waals surface area contributed by atoms with E-state index >= 15 is 0 Å². The maximum Gasteiger partial charge on any atom is 0.271 e. The highest BCUT2D eigenvalue weighted by atomic mass is 35.5. The molecule has 0 aromatic heterocycles. The van der Waals surface area contributed by atoms with Crippen LogP contribution in [0.15, 0.2) is 59.7 Å². The summed E-state index contributed by atoms with van der Waals surface area (Å²) < 4.78 is 29.0. The molecule has 3 aromatic rings. The molecule has 0 fully saturated rings. The van der Waals surface area contributed by atoms with E-state index in [0.717, 1.165) is 5.56 Å². The Bertz CT molecular complexity index is 1110. The van der Waals surface area contributed by atoms with Crippen LogP contribution in [0.4, 0.5) is 4.39 Å². The summed E-state index contributed by atoms with van der Waals surface area (Å²) in [5, 5.41) is 4.48. The minimum atomic E-state index is -0.432. The molecule has 0 aliphatic carbocycles. The van der Waals surface area contributed by atoms with Gasteiger partial charge in [-0.2, -0.15) is 5.10 Å². The van der Waals surface area contributed by atoms with Gasteiger partial charge >= 0.3 is 0 Å². The largest absolute Gasteiger partial charge is 0.493 e. The summed E-state index contributed by atoms with van der Waals surface area (Å²) in [6.07, 6.45) is 1.40. The van der Waals surface area contributed by atoms with Gasteiger partial charge in [0.05, 0.1) is 30.5 Å². The van der Waals surface area contributed by atoms with Gasteiger partial charge in [0.15, 0.2) is 17.2 Å². The Morgan fingerprint density at radius 1 is 1.00 bits per heavy atom. The van der Waals surface area contributed by atoms with E-state index in [1.54, 1.807) is 42.5 Å². The number of hydrogen-bond acceptors (Lipinski definition) is 5. The molecular weight excluding hydrogens is 458 g/mol. The number of halogens is 3. The lowest BCUT2D eigenvalue weighted by Crippen LogP contribution is -2.17. The predicted octanol–water partition coefficient (Wildman–Crippen LogP) is 5.49. The van der Waals surface area contributed by atoms with Crippen molar-refractivity contribution < 1.29 is 23.4 Å². The SMILES string of the molecule is COc1ccc(C(=O)N/N=C/c2cc(Cl)c(OCc3ccc(F)cc3)c(Cl)c2)cc1OC. The van der Waals surface area contributed by atoms with Crippen LogP contribution >= 0.6 is 23.2 Å². The number of rotatable bonds is 8. The van der Waals surface area contributed by atoms with E-state index in [0.29, 0.717) is 28.4 Å². The summed E-state index contributed by atoms with van der Waals surface area (Å²) in [4.78, 5) is 12.3. The van der Waals surface area contributed by atoms with Gasteiger partial charge in [0.25, 0.3) is 5.91 Å². The van der Waals surface area contributed by atoms with Gasteiger partial charge in [0, 0.05) is 5.56 Å². The van der Waals surface area contributed by atoms with Gasteiger partial charge in [0.1, 0.15) is 12.4 Å². The highest BCUT2D eigenvalue weighted by molar-refractivity contribution is 6.37. The quantitative estimate of drug-likeness (QED) is 0.344. The molecule has 0 saturated carbocycles. The summed E-state index contributed by atoms with van der Waals surface area (Å²) in [6, 6.07) is 13.9. The average Bonchev–Trinajstić information content (AvgIpc) is 2.79. The van der Waals surface area contributed by atoms with Crippen LogP contribution in [-0.2, 0) is 6.61 Å². The summed E-state index contributed by atoms with van der Waals surface area (Å²) in [6.45, 7) is 0.175. The Balaban J connectivity index is 1.64. The fraction of sp³-hybridized carbons (Fsp3) is 0.130. The molecule has 3 aromatic carbocycles. The molecule has 0 saturated heterocycles. The normalized spacial score (nSPS) is 10.8. The molecule has 3 rings (SSSR count). The van der Waals surface area contributed by atoms with Gasteiger partial charge in [-0.1, -0.05) is 35.3 Å². The first-order valence-corrected chi connectivity index (χ1v) is 10.1. The first-order valence-electron chi connectivity index (χ1n) is 9.33. The van der Waals surface area contributed by atoms with Crippen molar-refractivity contribution in [2.24, 2.45) is 5.10 Å². The van der Waals surface area contributed by atoms with Crippen molar-refractivity contribution in [1.29, 1.82) is 0 Å². The molecule has 9 heteroatoms. The molecule has 0 unspecified atom stereocenters. The van der Waals surface area contributed by atoms with Crippen LogP contribution in [0.25, 0.3) is 0 Å². The fourth-order valence-corrected chi connectivity index (χ4v) is 3.35. The van der Waals surface area contributed by atoms with Crippen LogP contribution in [0.1, 0.15) is 21.5 Å². The third-order valence-electron chi connectivity index (χ3n) is 4.34. The fourth-order valence-electron chi connectivity index (χ4n) is 2.74. The van der Waals surface area contributed by atoms with Crippen molar-refractivity contribution in [3.63, 3.8) is 0 Å². The Morgan fingerprint density at radius 3 is 2.28 bits per heavy atom. The molecule has 0 spiro atoms. The molecule has 0 aliphatic heterocycles. The first-order chi connectivity index (χ1) is 15.4. The van der Waals surface area contributed by atoms with E-state index in [1.165, 1.54) is 32.6 Å². The molecule has 0 bridgehead atoms. The van der Waals surface area contributed by atoms with Crippen LogP contribution < -0.4 is 19.6 Å². The smallest absolute Gasteiger partial charge is 0.271 e. The van der Waals surface area contributed by atoms with Crippen molar-refractivity contribution in [3.8, 4) is 17.2 Å². The van der Waals surface area contributed by atoms with Crippen LogP contribution in [0.3, 0.4) is 0 Å². The highest BCUT2D eigenvalue weighted by Crippen LogP contribution is 2.34. The summed E-state index contributed by atoms with van der Waals surface area (Å²) in [7, 11) is 3.00. The molecule has 0 heterocycles. The standard InChI is InChI=1S/C23H19Cl2FN2O4/c1-30-20-8-5-16(11-21(20)31-2)23(29)28-27-12-15-9-18(24)22(19(25)10-15)32-13-14-3-6-17(26)7-4-14/h3-12H,13H2,1-2H3,(H,28,29)/b27-12+. The molecule has 0 radical (unpaired) electrons. The monoisotopic (exact) mass is 476 g/mol. The summed E-state index contributed by atoms with van der Waals surface area (Å²) in [5.74, 6) is 0.479. The molecular formula is C23H19Cl2FN2O4. The molecule has 0 atom stereocenters. The Labute approximate surface area is 194 Å². The lowest BCUT2D eigenvalue weighted by atomic mass is 10.2. The van der Waals surface area contributed by atoms with Crippen molar-refractivity contribution in [3.05, 3.63) is 87.2 Å². The highest BCUT2D eigenvalue weighted by Gasteiger charge is 2.11. The number of ether oxygens (including phenoxy) is 3. The number of carbonyl (C=O) groups is 1. The van der Waals surface area contributed by atoms with E-state index < -0.39 is 5.91 Å². The molecule has 32 heavy (non-hydrogen) atoms. The predicted molar refractivity (Wildman–Crippen MR) is 122 cm³/mol. The Kier molecular flexibility index (Phi) is 7.92. The Hall–Kier alpha value is -3.29. The third-order valence-corrected chi connectivity index (χ3v) is 4.90. The van der Waals surface area contributed by atoms with E-state index in [2.05, 4.69) is 10.5 Å². The zero-order valence-electron chi connectivity index (χ0n) is 17.2. The van der Waals surface area contributed by atoms with Crippen molar-refractivity contribution in [2.45, 2.75) is 6.61 Å². The number of nitrogens with one attached hydrogen (secondary N) is 1. The van der Waals surface area contributed by atoms with Gasteiger partial charge in [-0.15, -0.1) is 0 Å². The van der Waals surface area contributed by atoms with E-state index in [4.69, 9.17) is 37.4 Å². The number of carbonyl (C=O) groups excluding carboxylic acids is 1. The van der Waals surface area contributed by atoms with Crippen molar-refractivity contribution >= 4 is 35.3 Å². The topological polar surface area (TPSA) is 69.2 Å². The van der Waals surface area contributed by atoms with Crippen LogP contribution in [-0.4, -0.2) is 26.3 Å². The van der Waals surface area contributed by atoms with Crippen LogP contribution in [0.5, 0.6) is 17.2 Å². The van der Waals surface area contributed by atoms with Gasteiger partial charge in [-0.25, -0.2) is 9.82 Å². The van der Waals surface area contributed by atoms with Gasteiger partial charge < -0.3 is 14.2 Å². The zero-order valence-corrected chi connectivity index (χ0v) is 18.7. The van der Waals surface area contributed by atoms with Crippen molar-refractivity contribution in [2.75, 3.05) is 14.2 Å². The van der Waals surface area contributed by atoms with E-state index in [1.807, 2.05) is 0 Å².